The lowest BCUT2D eigenvalue weighted by atomic mass is 9.33. The summed E-state index contributed by atoms with van der Waals surface area (Å²) < 4.78 is 6.39. The molecule has 3 aromatic rings. The zero-order valence-electron chi connectivity index (χ0n) is 33.3. The lowest BCUT2D eigenvalue weighted by molar-refractivity contribution is -0.181. The molecule has 278 valence electrons. The van der Waals surface area contributed by atoms with E-state index in [4.69, 9.17) is 15.6 Å². The number of carbonyl (C=O) groups excluding carboxylic acids is 1. The van der Waals surface area contributed by atoms with E-state index in [0.29, 0.717) is 18.4 Å². The number of benzene rings is 2. The molecule has 1 heterocycles. The number of aromatic nitrogens is 2. The summed E-state index contributed by atoms with van der Waals surface area (Å²) in [6.07, 6.45) is 9.18. The third-order valence-electron chi connectivity index (χ3n) is 16.3. The quantitative estimate of drug-likeness (QED) is 0.259. The highest BCUT2D eigenvalue weighted by molar-refractivity contribution is 5.82. The molecule has 3 saturated carbocycles. The maximum absolute atomic E-state index is 14.8. The van der Waals surface area contributed by atoms with Crippen molar-refractivity contribution in [1.29, 1.82) is 0 Å². The standard InChI is InChI=1S/C46H62N4O2/c1-41(2)20-22-46(40(51)52-28-29-14-11-10-12-15-29)23-21-45(7)37(34(46)27-41)32(30-16-13-17-31(24-30)50(8)9)25-36-43(5)26-33-38(48-49-39(33)47)42(3,4)35(43)18-19-44(36,45)6/h10-17,24,34-36H,18-23,25-28H2,1-9H3,(H3,47,48,49)/t34?,35?,36?,43-,44+,45+,46-/m0/s1. The number of hydrogen-bond donors (Lipinski definition) is 2. The molecule has 5 aliphatic rings. The van der Waals surface area contributed by atoms with Crippen LogP contribution in [0.25, 0.3) is 5.57 Å². The summed E-state index contributed by atoms with van der Waals surface area (Å²) in [4.78, 5) is 17.1. The molecule has 0 bridgehead atoms. The van der Waals surface area contributed by atoms with Gasteiger partial charge in [0.25, 0.3) is 0 Å². The Morgan fingerprint density at radius 2 is 1.65 bits per heavy atom. The van der Waals surface area contributed by atoms with Crippen LogP contribution in [0.5, 0.6) is 0 Å². The first-order chi connectivity index (χ1) is 24.5. The normalized spacial score (nSPS) is 35.7. The van der Waals surface area contributed by atoms with Crippen molar-refractivity contribution >= 4 is 23.0 Å². The second-order valence-corrected chi connectivity index (χ2v) is 19.9. The molecule has 3 fully saturated rings. The average molecular weight is 703 g/mol. The molecule has 5 aliphatic carbocycles. The number of aromatic amines is 1. The number of rotatable bonds is 5. The largest absolute Gasteiger partial charge is 0.460 e. The van der Waals surface area contributed by atoms with Gasteiger partial charge in [0.15, 0.2) is 0 Å². The molecule has 3 N–H and O–H groups in total. The Kier molecular flexibility index (Phi) is 8.00. The lowest BCUT2D eigenvalue weighted by Gasteiger charge is -2.71. The van der Waals surface area contributed by atoms with E-state index < -0.39 is 5.41 Å². The molecule has 0 radical (unpaired) electrons. The molecule has 0 saturated heterocycles. The lowest BCUT2D eigenvalue weighted by Crippen LogP contribution is -2.65. The summed E-state index contributed by atoms with van der Waals surface area (Å²) in [6, 6.07) is 19.5. The number of nitrogens with zero attached hydrogens (tertiary/aromatic N) is 2. The maximum atomic E-state index is 14.8. The van der Waals surface area contributed by atoms with Crippen LogP contribution in [0.4, 0.5) is 11.5 Å². The molecule has 0 aliphatic heterocycles. The van der Waals surface area contributed by atoms with Gasteiger partial charge in [-0.3, -0.25) is 9.89 Å². The molecule has 3 unspecified atom stereocenters. The van der Waals surface area contributed by atoms with Crippen LogP contribution >= 0.6 is 0 Å². The SMILES string of the molecule is CN(C)c1cccc(C2=C3C4CC(C)(C)CC[C@]4(C(=O)OCc4ccccc4)CC[C@@]3(C)[C@]3(C)CCC4C(C)(C)c5n[nH]c(N)c5C[C@]4(C)C3C2)c1. The third kappa shape index (κ3) is 4.94. The summed E-state index contributed by atoms with van der Waals surface area (Å²) in [5.41, 5.74) is 15.4. The number of nitrogens with two attached hydrogens (primary N) is 1. The van der Waals surface area contributed by atoms with Crippen LogP contribution < -0.4 is 10.6 Å². The van der Waals surface area contributed by atoms with Crippen molar-refractivity contribution in [3.63, 3.8) is 0 Å². The molecule has 1 aromatic heterocycles. The third-order valence-corrected chi connectivity index (χ3v) is 16.3. The van der Waals surface area contributed by atoms with E-state index >= 15 is 0 Å². The summed E-state index contributed by atoms with van der Waals surface area (Å²) in [7, 11) is 4.28. The Balaban J connectivity index is 1.32. The van der Waals surface area contributed by atoms with Crippen LogP contribution in [0.1, 0.15) is 122 Å². The molecule has 0 spiro atoms. The number of carbonyl (C=O) groups is 1. The van der Waals surface area contributed by atoms with Gasteiger partial charge in [-0.25, -0.2) is 0 Å². The van der Waals surface area contributed by atoms with E-state index in [9.17, 15) is 4.79 Å². The Labute approximate surface area is 312 Å². The van der Waals surface area contributed by atoms with Crippen molar-refractivity contribution in [2.45, 2.75) is 118 Å². The molecular formula is C46H62N4O2. The van der Waals surface area contributed by atoms with Crippen LogP contribution in [0.3, 0.4) is 0 Å². The average Bonchev–Trinajstić information content (AvgIpc) is 3.47. The number of fused-ring (bicyclic) bond motifs is 8. The fourth-order valence-electron chi connectivity index (χ4n) is 13.3. The van der Waals surface area contributed by atoms with Crippen molar-refractivity contribution in [2.75, 3.05) is 24.7 Å². The minimum atomic E-state index is -0.513. The molecule has 7 atom stereocenters. The second-order valence-electron chi connectivity index (χ2n) is 19.9. The second kappa shape index (κ2) is 11.7. The number of ether oxygens (including phenoxy) is 1. The highest BCUT2D eigenvalue weighted by atomic mass is 16.5. The minimum Gasteiger partial charge on any atom is -0.460 e. The highest BCUT2D eigenvalue weighted by Gasteiger charge is 2.70. The van der Waals surface area contributed by atoms with Gasteiger partial charge in [0.1, 0.15) is 12.4 Å². The molecule has 0 amide bonds. The zero-order chi connectivity index (χ0) is 37.1. The number of H-pyrrole nitrogens is 1. The number of hydrogen-bond acceptors (Lipinski definition) is 5. The highest BCUT2D eigenvalue weighted by Crippen LogP contribution is 2.77. The van der Waals surface area contributed by atoms with Crippen molar-refractivity contribution < 1.29 is 9.53 Å². The summed E-state index contributed by atoms with van der Waals surface area (Å²) in [5.74, 6) is 1.85. The van der Waals surface area contributed by atoms with Crippen LogP contribution in [0.2, 0.25) is 0 Å². The molecule has 52 heavy (non-hydrogen) atoms. The summed E-state index contributed by atoms with van der Waals surface area (Å²) >= 11 is 0. The van der Waals surface area contributed by atoms with E-state index in [1.54, 1.807) is 5.57 Å². The molecule has 8 rings (SSSR count). The fourth-order valence-corrected chi connectivity index (χ4v) is 13.3. The Bertz CT molecular complexity index is 1920. The molecular weight excluding hydrogens is 641 g/mol. The van der Waals surface area contributed by atoms with Crippen molar-refractivity contribution in [3.8, 4) is 0 Å². The van der Waals surface area contributed by atoms with Gasteiger partial charge in [0.2, 0.25) is 0 Å². The first-order valence-corrected chi connectivity index (χ1v) is 20.0. The molecule has 6 heteroatoms. The molecule has 6 nitrogen and oxygen atoms in total. The van der Waals surface area contributed by atoms with Gasteiger partial charge in [0, 0.05) is 30.8 Å². The summed E-state index contributed by atoms with van der Waals surface area (Å²) in [5, 5.41) is 8.02. The maximum Gasteiger partial charge on any atom is 0.313 e. The predicted octanol–water partition coefficient (Wildman–Crippen LogP) is 10.1. The Morgan fingerprint density at radius 1 is 0.923 bits per heavy atom. The zero-order valence-corrected chi connectivity index (χ0v) is 33.3. The Morgan fingerprint density at radius 3 is 2.38 bits per heavy atom. The van der Waals surface area contributed by atoms with Crippen LogP contribution in [0, 0.1) is 44.8 Å². The predicted molar refractivity (Wildman–Crippen MR) is 212 cm³/mol. The smallest absolute Gasteiger partial charge is 0.313 e. The van der Waals surface area contributed by atoms with E-state index in [2.05, 4.69) is 109 Å². The number of nitrogens with one attached hydrogen (secondary N) is 1. The van der Waals surface area contributed by atoms with Gasteiger partial charge >= 0.3 is 5.97 Å². The summed E-state index contributed by atoms with van der Waals surface area (Å²) in [6.45, 7) is 17.9. The van der Waals surface area contributed by atoms with Gasteiger partial charge in [-0.05, 0) is 126 Å². The van der Waals surface area contributed by atoms with Gasteiger partial charge in [0.05, 0.1) is 11.1 Å². The van der Waals surface area contributed by atoms with Crippen LogP contribution in [0.15, 0.2) is 60.2 Å². The van der Waals surface area contributed by atoms with Crippen molar-refractivity contribution in [2.24, 2.45) is 44.8 Å². The van der Waals surface area contributed by atoms with Crippen molar-refractivity contribution in [1.82, 2.24) is 10.2 Å². The fraction of sp³-hybridized carbons (Fsp3) is 0.609. The topological polar surface area (TPSA) is 84.2 Å². The molecule has 2 aromatic carbocycles. The van der Waals surface area contributed by atoms with Gasteiger partial charge < -0.3 is 15.4 Å². The first-order valence-electron chi connectivity index (χ1n) is 20.0. The van der Waals surface area contributed by atoms with E-state index in [1.807, 2.05) is 18.2 Å². The number of anilines is 2. The van der Waals surface area contributed by atoms with E-state index in [0.717, 1.165) is 56.3 Å². The first kappa shape index (κ1) is 35.5. The minimum absolute atomic E-state index is 0.0211. The van der Waals surface area contributed by atoms with Gasteiger partial charge in [-0.2, -0.15) is 5.10 Å². The Hall–Kier alpha value is -3.54. The number of nitrogen functional groups attached to an aromatic ring is 1. The van der Waals surface area contributed by atoms with Crippen LogP contribution in [-0.2, 0) is 28.0 Å². The number of esters is 1. The van der Waals surface area contributed by atoms with Gasteiger partial charge in [-0.15, -0.1) is 0 Å². The van der Waals surface area contributed by atoms with E-state index in [-0.39, 0.29) is 39.0 Å². The van der Waals surface area contributed by atoms with E-state index in [1.165, 1.54) is 40.9 Å². The van der Waals surface area contributed by atoms with Crippen molar-refractivity contribution in [3.05, 3.63) is 82.6 Å². The monoisotopic (exact) mass is 702 g/mol. The van der Waals surface area contributed by atoms with Gasteiger partial charge in [-0.1, -0.05) is 96.5 Å². The van der Waals surface area contributed by atoms with Crippen LogP contribution in [-0.4, -0.2) is 30.3 Å². The number of allylic oxidation sites excluding steroid dienone is 2.